The maximum Gasteiger partial charge on any atom is 0.245 e. The average molecular weight is 312 g/mol. The summed E-state index contributed by atoms with van der Waals surface area (Å²) < 4.78 is 51.8. The monoisotopic (exact) mass is 312 g/mol. The molecule has 7 heteroatoms. The largest absolute Gasteiger partial charge is 0.398 e. The Labute approximate surface area is 121 Å². The molecule has 0 atom stereocenters. The van der Waals surface area contributed by atoms with E-state index in [0.29, 0.717) is 5.56 Å². The molecule has 21 heavy (non-hydrogen) atoms. The number of nitrogens with zero attached hydrogens (tertiary/aromatic N) is 1. The Morgan fingerprint density at radius 3 is 2.38 bits per heavy atom. The molecule has 0 unspecified atom stereocenters. The van der Waals surface area contributed by atoms with Gasteiger partial charge >= 0.3 is 0 Å². The van der Waals surface area contributed by atoms with Crippen LogP contribution in [0.2, 0.25) is 0 Å². The summed E-state index contributed by atoms with van der Waals surface area (Å²) in [5, 5.41) is 0. The second-order valence-corrected chi connectivity index (χ2v) is 6.56. The van der Waals surface area contributed by atoms with Crippen LogP contribution in [0.5, 0.6) is 0 Å². The van der Waals surface area contributed by atoms with E-state index in [1.54, 1.807) is 12.1 Å². The van der Waals surface area contributed by atoms with E-state index >= 15 is 0 Å². The number of sulfonamides is 1. The van der Waals surface area contributed by atoms with Crippen molar-refractivity contribution in [2.24, 2.45) is 0 Å². The first-order valence-corrected chi connectivity index (χ1v) is 7.51. The molecular weight excluding hydrogens is 298 g/mol. The first-order chi connectivity index (χ1) is 9.82. The molecule has 0 fully saturated rings. The lowest BCUT2D eigenvalue weighted by molar-refractivity contribution is 0.462. The lowest BCUT2D eigenvalue weighted by Crippen LogP contribution is -2.27. The highest BCUT2D eigenvalue weighted by Crippen LogP contribution is 2.22. The third-order valence-electron chi connectivity index (χ3n) is 3.00. The number of rotatable bonds is 4. The normalized spacial score (nSPS) is 11.8. The fourth-order valence-electron chi connectivity index (χ4n) is 1.86. The molecule has 2 N–H and O–H groups in total. The molecule has 4 nitrogen and oxygen atoms in total. The van der Waals surface area contributed by atoms with Crippen LogP contribution in [0.15, 0.2) is 47.4 Å². The number of benzene rings is 2. The van der Waals surface area contributed by atoms with E-state index in [4.69, 9.17) is 5.73 Å². The Kier molecular flexibility index (Phi) is 4.24. The van der Waals surface area contributed by atoms with Crippen LogP contribution in [-0.2, 0) is 16.6 Å². The van der Waals surface area contributed by atoms with Gasteiger partial charge in [-0.25, -0.2) is 17.2 Å². The van der Waals surface area contributed by atoms with E-state index in [0.717, 1.165) is 16.4 Å². The summed E-state index contributed by atoms with van der Waals surface area (Å²) in [6.07, 6.45) is 0. The van der Waals surface area contributed by atoms with Gasteiger partial charge in [0, 0.05) is 13.6 Å². The molecule has 0 aromatic heterocycles. The van der Waals surface area contributed by atoms with Crippen molar-refractivity contribution in [1.82, 2.24) is 4.31 Å². The summed E-state index contributed by atoms with van der Waals surface area (Å²) in [4.78, 5) is -0.0184. The summed E-state index contributed by atoms with van der Waals surface area (Å²) in [6, 6.07) is 9.33. The number of hydrogen-bond acceptors (Lipinski definition) is 3. The number of anilines is 1. The molecule has 0 saturated carbocycles. The molecule has 0 radical (unpaired) electrons. The minimum Gasteiger partial charge on any atom is -0.398 e. The number of nitrogen functional groups attached to an aromatic ring is 1. The molecule has 0 spiro atoms. The van der Waals surface area contributed by atoms with Gasteiger partial charge in [0.2, 0.25) is 10.0 Å². The molecule has 0 bridgehead atoms. The zero-order valence-corrected chi connectivity index (χ0v) is 12.1. The maximum atomic E-state index is 13.2. The van der Waals surface area contributed by atoms with E-state index in [9.17, 15) is 17.2 Å². The van der Waals surface area contributed by atoms with E-state index in [1.165, 1.54) is 25.2 Å². The van der Waals surface area contributed by atoms with Crippen LogP contribution >= 0.6 is 0 Å². The lowest BCUT2D eigenvalue weighted by atomic mass is 10.2. The van der Waals surface area contributed by atoms with Gasteiger partial charge in [0.1, 0.15) is 4.90 Å². The van der Waals surface area contributed by atoms with Crippen molar-refractivity contribution in [3.05, 3.63) is 59.7 Å². The summed E-state index contributed by atoms with van der Waals surface area (Å²) in [6.45, 7) is -0.0894. The fraction of sp³-hybridized carbons (Fsp3) is 0.143. The summed E-state index contributed by atoms with van der Waals surface area (Å²) in [7, 11) is -2.45. The van der Waals surface area contributed by atoms with Gasteiger partial charge in [-0.3, -0.25) is 0 Å². The third-order valence-corrected chi connectivity index (χ3v) is 4.87. The SMILES string of the molecule is CN(Cc1ccc(F)c(F)c1)S(=O)(=O)c1ccccc1N. The van der Waals surface area contributed by atoms with Gasteiger partial charge in [-0.05, 0) is 29.8 Å². The lowest BCUT2D eigenvalue weighted by Gasteiger charge is -2.18. The smallest absolute Gasteiger partial charge is 0.245 e. The van der Waals surface area contributed by atoms with Crippen molar-refractivity contribution in [3.63, 3.8) is 0 Å². The zero-order valence-electron chi connectivity index (χ0n) is 11.3. The standard InChI is InChI=1S/C14H14F2N2O2S/c1-18(9-10-6-7-11(15)12(16)8-10)21(19,20)14-5-3-2-4-13(14)17/h2-8H,9,17H2,1H3. The molecular formula is C14H14F2N2O2S. The number of hydrogen-bond donors (Lipinski definition) is 1. The van der Waals surface area contributed by atoms with Gasteiger partial charge in [0.05, 0.1) is 5.69 Å². The molecule has 2 aromatic carbocycles. The van der Waals surface area contributed by atoms with E-state index in [1.807, 2.05) is 0 Å². The first-order valence-electron chi connectivity index (χ1n) is 6.07. The molecule has 0 amide bonds. The fourth-order valence-corrected chi connectivity index (χ4v) is 3.13. The van der Waals surface area contributed by atoms with Crippen LogP contribution in [0.1, 0.15) is 5.56 Å². The second kappa shape index (κ2) is 5.79. The van der Waals surface area contributed by atoms with Gasteiger partial charge < -0.3 is 5.73 Å². The van der Waals surface area contributed by atoms with Crippen molar-refractivity contribution in [2.45, 2.75) is 11.4 Å². The number of halogens is 2. The van der Waals surface area contributed by atoms with Crippen molar-refractivity contribution in [2.75, 3.05) is 12.8 Å². The van der Waals surface area contributed by atoms with Gasteiger partial charge in [0.15, 0.2) is 11.6 Å². The van der Waals surface area contributed by atoms with Crippen LogP contribution < -0.4 is 5.73 Å². The maximum absolute atomic E-state index is 13.2. The van der Waals surface area contributed by atoms with Crippen LogP contribution in [0.4, 0.5) is 14.5 Å². The Morgan fingerprint density at radius 1 is 1.10 bits per heavy atom. The van der Waals surface area contributed by atoms with Crippen molar-refractivity contribution in [1.29, 1.82) is 0 Å². The van der Waals surface area contributed by atoms with Crippen LogP contribution in [-0.4, -0.2) is 19.8 Å². The number of para-hydroxylation sites is 1. The first kappa shape index (κ1) is 15.4. The molecule has 0 saturated heterocycles. The van der Waals surface area contributed by atoms with Crippen molar-refractivity contribution < 1.29 is 17.2 Å². The van der Waals surface area contributed by atoms with Crippen LogP contribution in [0.3, 0.4) is 0 Å². The molecule has 0 aliphatic heterocycles. The number of nitrogens with two attached hydrogens (primary N) is 1. The molecule has 2 rings (SSSR count). The zero-order chi connectivity index (χ0) is 15.6. The summed E-state index contributed by atoms with van der Waals surface area (Å²) in [5.74, 6) is -1.99. The minimum atomic E-state index is -3.80. The molecule has 112 valence electrons. The Hall–Kier alpha value is -1.99. The van der Waals surface area contributed by atoms with E-state index in [-0.39, 0.29) is 17.1 Å². The van der Waals surface area contributed by atoms with Crippen LogP contribution in [0, 0.1) is 11.6 Å². The Bertz CT molecular complexity index is 763. The highest BCUT2D eigenvalue weighted by Gasteiger charge is 2.23. The third kappa shape index (κ3) is 3.20. The van der Waals surface area contributed by atoms with Crippen LogP contribution in [0.25, 0.3) is 0 Å². The van der Waals surface area contributed by atoms with E-state index in [2.05, 4.69) is 0 Å². The summed E-state index contributed by atoms with van der Waals surface area (Å²) in [5.41, 5.74) is 6.14. The predicted molar refractivity (Wildman–Crippen MR) is 75.9 cm³/mol. The van der Waals surface area contributed by atoms with Gasteiger partial charge in [0.25, 0.3) is 0 Å². The molecule has 0 aliphatic rings. The minimum absolute atomic E-state index is 0.0184. The van der Waals surface area contributed by atoms with Gasteiger partial charge in [-0.1, -0.05) is 18.2 Å². The highest BCUT2D eigenvalue weighted by atomic mass is 32.2. The Morgan fingerprint density at radius 2 is 1.76 bits per heavy atom. The quantitative estimate of drug-likeness (QED) is 0.882. The molecule has 0 heterocycles. The molecule has 0 aliphatic carbocycles. The van der Waals surface area contributed by atoms with Crippen molar-refractivity contribution >= 4 is 15.7 Å². The highest BCUT2D eigenvalue weighted by molar-refractivity contribution is 7.89. The molecule has 2 aromatic rings. The van der Waals surface area contributed by atoms with Crippen molar-refractivity contribution in [3.8, 4) is 0 Å². The van der Waals surface area contributed by atoms with Gasteiger partial charge in [-0.15, -0.1) is 0 Å². The predicted octanol–water partition coefficient (Wildman–Crippen LogP) is 2.37. The Balaban J connectivity index is 2.29. The van der Waals surface area contributed by atoms with E-state index < -0.39 is 21.7 Å². The average Bonchev–Trinajstić information content (AvgIpc) is 2.43. The van der Waals surface area contributed by atoms with Gasteiger partial charge in [-0.2, -0.15) is 4.31 Å². The second-order valence-electron chi connectivity index (χ2n) is 4.55. The topological polar surface area (TPSA) is 63.4 Å². The summed E-state index contributed by atoms with van der Waals surface area (Å²) >= 11 is 0.